The van der Waals surface area contributed by atoms with E-state index >= 15 is 0 Å². The molecule has 2 aliphatic rings. The first-order valence-electron chi connectivity index (χ1n) is 12.3. The van der Waals surface area contributed by atoms with Crippen LogP contribution in [0.5, 0.6) is 0 Å². The van der Waals surface area contributed by atoms with Crippen molar-refractivity contribution in [2.24, 2.45) is 0 Å². The third-order valence-electron chi connectivity index (χ3n) is 6.59. The lowest BCUT2D eigenvalue weighted by molar-refractivity contribution is -0.136. The zero-order chi connectivity index (χ0) is 26.0. The molecule has 35 heavy (non-hydrogen) atoms. The molecule has 0 aliphatic carbocycles. The normalized spacial score (nSPS) is 22.6. The van der Waals surface area contributed by atoms with Gasteiger partial charge in [0.15, 0.2) is 5.16 Å². The number of hydrogen-bond donors (Lipinski definition) is 1. The van der Waals surface area contributed by atoms with Crippen LogP contribution in [0, 0.1) is 0 Å². The van der Waals surface area contributed by atoms with Crippen LogP contribution >= 0.6 is 11.8 Å². The van der Waals surface area contributed by atoms with Crippen molar-refractivity contribution in [1.82, 2.24) is 20.2 Å². The molecule has 0 spiro atoms. The van der Waals surface area contributed by atoms with Crippen LogP contribution in [0.4, 0.5) is 4.79 Å². The maximum Gasteiger partial charge on any atom is 0.498 e. The number of carbonyl (C=O) groups is 2. The first-order valence-corrected chi connectivity index (χ1v) is 13.3. The Morgan fingerprint density at radius 2 is 1.80 bits per heavy atom. The highest BCUT2D eigenvalue weighted by Crippen LogP contribution is 2.36. The molecule has 2 saturated heterocycles. The van der Waals surface area contributed by atoms with E-state index in [1.165, 1.54) is 11.8 Å². The number of rotatable bonds is 6. The highest BCUT2D eigenvalue weighted by Gasteiger charge is 2.52. The molecule has 1 N–H and O–H groups in total. The highest BCUT2D eigenvalue weighted by atomic mass is 32.2. The Bertz CT molecular complexity index is 890. The fourth-order valence-corrected chi connectivity index (χ4v) is 4.87. The molecule has 1 aromatic rings. The Balaban J connectivity index is 1.56. The largest absolute Gasteiger partial charge is 0.498 e. The second-order valence-corrected chi connectivity index (χ2v) is 12.2. The van der Waals surface area contributed by atoms with Crippen LogP contribution < -0.4 is 10.8 Å². The number of carbonyl (C=O) groups excluding carboxylic acids is 2. The van der Waals surface area contributed by atoms with E-state index in [4.69, 9.17) is 14.0 Å². The van der Waals surface area contributed by atoms with Gasteiger partial charge in [0.05, 0.1) is 11.2 Å². The summed E-state index contributed by atoms with van der Waals surface area (Å²) in [5.74, 6) is 0.582. The number of ether oxygens (including phenoxy) is 1. The predicted octanol–water partition coefficient (Wildman–Crippen LogP) is 3.16. The van der Waals surface area contributed by atoms with Crippen LogP contribution in [0.3, 0.4) is 0 Å². The maximum atomic E-state index is 13.1. The molecular formula is C24H39BN4O5S. The zero-order valence-corrected chi connectivity index (χ0v) is 23.0. The van der Waals surface area contributed by atoms with Gasteiger partial charge in [0.25, 0.3) is 0 Å². The van der Waals surface area contributed by atoms with Gasteiger partial charge in [-0.1, -0.05) is 11.8 Å². The molecular weight excluding hydrogens is 467 g/mol. The van der Waals surface area contributed by atoms with E-state index in [0.717, 1.165) is 24.7 Å². The predicted molar refractivity (Wildman–Crippen MR) is 137 cm³/mol. The summed E-state index contributed by atoms with van der Waals surface area (Å²) in [4.78, 5) is 36.1. The van der Waals surface area contributed by atoms with E-state index in [9.17, 15) is 9.59 Å². The molecule has 0 bridgehead atoms. The Morgan fingerprint density at radius 1 is 1.20 bits per heavy atom. The number of thioether (sulfide) groups is 1. The number of nitrogens with zero attached hydrogens (tertiary/aromatic N) is 3. The number of aromatic nitrogens is 2. The smallest absolute Gasteiger partial charge is 0.444 e. The molecule has 1 aromatic heterocycles. The van der Waals surface area contributed by atoms with Crippen LogP contribution in [0.2, 0.25) is 0 Å². The standard InChI is InChI=1S/C24H39BN4O5S/c1-16(28-21(31)32-22(2,3)4)19(30)29-12-10-9-11-18(29)15-35-20-26-13-17(14-27-20)25-33-23(5,6)24(7,8)34-25/h13-14,16,18H,9-12,15H2,1-8H3,(H,28,31). The maximum absolute atomic E-state index is 13.1. The topological polar surface area (TPSA) is 103 Å². The van der Waals surface area contributed by atoms with Crippen molar-refractivity contribution in [3.05, 3.63) is 12.4 Å². The van der Waals surface area contributed by atoms with E-state index in [1.54, 1.807) is 40.1 Å². The molecule has 2 unspecified atom stereocenters. The third-order valence-corrected chi connectivity index (χ3v) is 7.61. The minimum atomic E-state index is -0.661. The Kier molecular flexibility index (Phi) is 8.43. The summed E-state index contributed by atoms with van der Waals surface area (Å²) in [5.41, 5.74) is -0.672. The van der Waals surface area contributed by atoms with Gasteiger partial charge in [-0.25, -0.2) is 14.8 Å². The molecule has 2 fully saturated rings. The molecule has 0 radical (unpaired) electrons. The number of hydrogen-bond acceptors (Lipinski definition) is 8. The molecule has 0 saturated carbocycles. The summed E-state index contributed by atoms with van der Waals surface area (Å²) in [6.07, 6.45) is 5.82. The van der Waals surface area contributed by atoms with Gasteiger partial charge in [-0.15, -0.1) is 0 Å². The second kappa shape index (κ2) is 10.6. The summed E-state index contributed by atoms with van der Waals surface area (Å²) in [6.45, 7) is 15.8. The summed E-state index contributed by atoms with van der Waals surface area (Å²) >= 11 is 1.52. The average molecular weight is 506 g/mol. The molecule has 9 nitrogen and oxygen atoms in total. The summed E-state index contributed by atoms with van der Waals surface area (Å²) in [7, 11) is -0.496. The van der Waals surface area contributed by atoms with Crippen molar-refractivity contribution in [3.8, 4) is 0 Å². The van der Waals surface area contributed by atoms with E-state index in [1.807, 2.05) is 32.6 Å². The molecule has 2 amide bonds. The van der Waals surface area contributed by atoms with Crippen molar-refractivity contribution in [3.63, 3.8) is 0 Å². The van der Waals surface area contributed by atoms with Crippen molar-refractivity contribution < 1.29 is 23.6 Å². The van der Waals surface area contributed by atoms with Crippen molar-refractivity contribution in [2.75, 3.05) is 12.3 Å². The van der Waals surface area contributed by atoms with E-state index in [2.05, 4.69) is 15.3 Å². The number of likely N-dealkylation sites (tertiary alicyclic amines) is 1. The molecule has 0 aromatic carbocycles. The fraction of sp³-hybridized carbons (Fsp3) is 0.750. The van der Waals surface area contributed by atoms with Gasteiger partial charge in [-0.2, -0.15) is 0 Å². The first kappa shape index (κ1) is 27.7. The van der Waals surface area contributed by atoms with Gasteiger partial charge in [0.1, 0.15) is 11.6 Å². The molecule has 2 aliphatic heterocycles. The van der Waals surface area contributed by atoms with Crippen LogP contribution in [0.15, 0.2) is 17.6 Å². The SMILES string of the molecule is CC(NC(=O)OC(C)(C)C)C(=O)N1CCCCC1CSc1ncc(B2OC(C)(C)C(C)(C)O2)cn1. The lowest BCUT2D eigenvalue weighted by atomic mass is 9.81. The Morgan fingerprint density at radius 3 is 2.37 bits per heavy atom. The summed E-state index contributed by atoms with van der Waals surface area (Å²) < 4.78 is 17.4. The number of alkyl carbamates (subject to hydrolysis) is 1. The van der Waals surface area contributed by atoms with Gasteiger partial charge in [-0.3, -0.25) is 4.79 Å². The van der Waals surface area contributed by atoms with Gasteiger partial charge < -0.3 is 24.3 Å². The monoisotopic (exact) mass is 506 g/mol. The average Bonchev–Trinajstić information content (AvgIpc) is 2.97. The minimum Gasteiger partial charge on any atom is -0.444 e. The van der Waals surface area contributed by atoms with Gasteiger partial charge >= 0.3 is 13.2 Å². The third kappa shape index (κ3) is 7.10. The van der Waals surface area contributed by atoms with Crippen LogP contribution in [0.1, 0.15) is 74.7 Å². The van der Waals surface area contributed by atoms with Crippen LogP contribution in [-0.2, 0) is 18.8 Å². The Labute approximate surface area is 213 Å². The van der Waals surface area contributed by atoms with E-state index in [0.29, 0.717) is 17.5 Å². The van der Waals surface area contributed by atoms with Crippen LogP contribution in [-0.4, -0.2) is 75.2 Å². The van der Waals surface area contributed by atoms with Crippen molar-refractivity contribution in [2.45, 2.75) is 109 Å². The number of piperidine rings is 1. The molecule has 194 valence electrons. The quantitative estimate of drug-likeness (QED) is 0.357. The second-order valence-electron chi connectivity index (χ2n) is 11.2. The lowest BCUT2D eigenvalue weighted by Gasteiger charge is -2.37. The Hall–Kier alpha value is -1.85. The zero-order valence-electron chi connectivity index (χ0n) is 22.2. The number of amides is 2. The minimum absolute atomic E-state index is 0.0514. The highest BCUT2D eigenvalue weighted by molar-refractivity contribution is 7.99. The molecule has 2 atom stereocenters. The van der Waals surface area contributed by atoms with E-state index < -0.39 is 36.1 Å². The molecule has 3 heterocycles. The molecule has 3 rings (SSSR count). The van der Waals surface area contributed by atoms with Gasteiger partial charge in [0, 0.05) is 36.2 Å². The van der Waals surface area contributed by atoms with Gasteiger partial charge in [-0.05, 0) is 74.7 Å². The summed E-state index contributed by atoms with van der Waals surface area (Å²) in [5, 5.41) is 3.31. The van der Waals surface area contributed by atoms with Gasteiger partial charge in [0.2, 0.25) is 5.91 Å². The van der Waals surface area contributed by atoms with Crippen molar-refractivity contribution >= 4 is 36.3 Å². The fourth-order valence-electron chi connectivity index (χ4n) is 3.93. The van der Waals surface area contributed by atoms with Crippen LogP contribution in [0.25, 0.3) is 0 Å². The van der Waals surface area contributed by atoms with Crippen molar-refractivity contribution in [1.29, 1.82) is 0 Å². The number of nitrogens with one attached hydrogen (secondary N) is 1. The first-order chi connectivity index (χ1) is 16.2. The summed E-state index contributed by atoms with van der Waals surface area (Å²) in [6, 6.07) is -0.610. The van der Waals surface area contributed by atoms with E-state index in [-0.39, 0.29) is 11.9 Å². The lowest BCUT2D eigenvalue weighted by Crippen LogP contribution is -2.53. The molecule has 11 heteroatoms.